The lowest BCUT2D eigenvalue weighted by atomic mass is 9.83. The molecule has 7 heterocycles. The first-order valence-electron chi connectivity index (χ1n) is 21.7. The van der Waals surface area contributed by atoms with Crippen molar-refractivity contribution in [2.24, 2.45) is 7.05 Å². The van der Waals surface area contributed by atoms with Crippen LogP contribution in [-0.2, 0) is 23.7 Å². The van der Waals surface area contributed by atoms with Crippen LogP contribution in [0.5, 0.6) is 0 Å². The Morgan fingerprint density at radius 3 is 2.48 bits per heavy atom. The predicted octanol–water partition coefficient (Wildman–Crippen LogP) is 7.20. The number of nitrogens with one attached hydrogen (secondary N) is 1. The maximum atomic E-state index is 16.1. The minimum Gasteiger partial charge on any atom is -0.376 e. The minimum atomic E-state index is -0.809. The lowest BCUT2D eigenvalue weighted by Crippen LogP contribution is -2.41. The molecule has 1 aliphatic carbocycles. The van der Waals surface area contributed by atoms with Gasteiger partial charge < -0.3 is 14.2 Å². The van der Waals surface area contributed by atoms with Crippen molar-refractivity contribution in [3.63, 3.8) is 0 Å². The molecule has 0 unspecified atom stereocenters. The number of rotatable bonds is 8. The zero-order chi connectivity index (χ0) is 44.4. The molecule has 1 N–H and O–H groups in total. The number of H-pyrrole nitrogens is 1. The van der Waals surface area contributed by atoms with Crippen LogP contribution in [0, 0.1) is 11.6 Å². The highest BCUT2D eigenvalue weighted by molar-refractivity contribution is 6.00. The summed E-state index contributed by atoms with van der Waals surface area (Å²) in [6.45, 7) is 9.04. The number of imidazole rings is 1. The van der Waals surface area contributed by atoms with Crippen LogP contribution in [0.1, 0.15) is 110 Å². The van der Waals surface area contributed by atoms with E-state index in [2.05, 4.69) is 47.3 Å². The van der Waals surface area contributed by atoms with E-state index in [0.29, 0.717) is 66.5 Å². The van der Waals surface area contributed by atoms with E-state index in [1.54, 1.807) is 51.8 Å². The van der Waals surface area contributed by atoms with Gasteiger partial charge in [-0.2, -0.15) is 10.2 Å². The number of aromatic nitrogens is 9. The molecule has 1 saturated carbocycles. The van der Waals surface area contributed by atoms with Gasteiger partial charge in [-0.3, -0.25) is 28.1 Å². The molecule has 0 bridgehead atoms. The van der Waals surface area contributed by atoms with Gasteiger partial charge in [0.1, 0.15) is 22.9 Å². The van der Waals surface area contributed by atoms with Crippen molar-refractivity contribution < 1.29 is 22.8 Å². The van der Waals surface area contributed by atoms with E-state index < -0.39 is 34.9 Å². The molecule has 11 rings (SSSR count). The summed E-state index contributed by atoms with van der Waals surface area (Å²) >= 11 is 0. The Morgan fingerprint density at radius 1 is 0.984 bits per heavy atom. The van der Waals surface area contributed by atoms with Crippen molar-refractivity contribution in [2.75, 3.05) is 13.2 Å². The summed E-state index contributed by atoms with van der Waals surface area (Å²) in [6, 6.07) is 16.6. The zero-order valence-electron chi connectivity index (χ0n) is 36.0. The number of aryl methyl sites for hydroxylation is 1. The SMILES string of the molecule is C[C@H]1c2c(nn([C@@H](C)c3ccc(F)cc3)c2-n2ccn(-c3ccc4c(cnn4C)c3F)c2=O)CCN1C(=O)c1cc2cc([C@@H]3CCOC(C)(C)C3)ccc2n1C1(c2noc(=O)[nH]2)CC1. The van der Waals surface area contributed by atoms with Crippen LogP contribution in [0.4, 0.5) is 8.78 Å². The molecule has 2 aliphatic heterocycles. The molecule has 2 fully saturated rings. The number of halogens is 2. The topological polar surface area (TPSA) is 156 Å². The summed E-state index contributed by atoms with van der Waals surface area (Å²) in [5.41, 5.74) is 3.55. The Morgan fingerprint density at radius 2 is 1.75 bits per heavy atom. The Bertz CT molecular complexity index is 3290. The number of carbonyl (C=O) groups is 1. The Hall–Kier alpha value is -6.88. The highest BCUT2D eigenvalue weighted by Gasteiger charge is 2.52. The molecule has 3 atom stereocenters. The number of fused-ring (bicyclic) bond motifs is 3. The standard InChI is InChI=1S/C47H46F2N10O5/c1-26(28-6-9-32(48)10-7-28)59-41(57-20-19-56(45(57)62)37-13-12-36-33(40(37)49)25-50-54(36)5)39-27(2)55(18-14-34(39)52-59)42(60)38-23-31-22-29(30-15-21-63-46(3,4)24-30)8-11-35(31)58(38)47(16-17-47)43-51-44(61)64-53-43/h6-13,19-20,22-23,25-27,30H,14-18,21,24H2,1-5H3,(H,51,53,61)/t26-,27-,30+/m0/s1. The molecular formula is C47H46F2N10O5. The summed E-state index contributed by atoms with van der Waals surface area (Å²) in [5, 5.41) is 14.6. The fraction of sp³-hybridized carbons (Fsp3) is 0.362. The Balaban J connectivity index is 1.04. The van der Waals surface area contributed by atoms with Crippen LogP contribution < -0.4 is 11.4 Å². The molecule has 3 aliphatic rings. The summed E-state index contributed by atoms with van der Waals surface area (Å²) in [4.78, 5) is 47.0. The molecular weight excluding hydrogens is 823 g/mol. The van der Waals surface area contributed by atoms with Crippen molar-refractivity contribution in [3.8, 4) is 11.5 Å². The zero-order valence-corrected chi connectivity index (χ0v) is 36.0. The fourth-order valence-electron chi connectivity index (χ4n) is 10.3. The molecule has 3 aromatic carbocycles. The van der Waals surface area contributed by atoms with Gasteiger partial charge in [-0.05, 0) is 113 Å². The number of benzene rings is 3. The van der Waals surface area contributed by atoms with Gasteiger partial charge in [-0.1, -0.05) is 23.4 Å². The number of hydrogen-bond acceptors (Lipinski definition) is 8. The molecule has 1 saturated heterocycles. The smallest absolute Gasteiger partial charge is 0.376 e. The maximum absolute atomic E-state index is 16.1. The van der Waals surface area contributed by atoms with Crippen LogP contribution in [0.15, 0.2) is 93.4 Å². The number of hydrogen-bond donors (Lipinski definition) is 1. The van der Waals surface area contributed by atoms with Gasteiger partial charge in [0.2, 0.25) is 0 Å². The van der Waals surface area contributed by atoms with E-state index in [9.17, 15) is 14.0 Å². The van der Waals surface area contributed by atoms with E-state index in [1.165, 1.54) is 39.2 Å². The van der Waals surface area contributed by atoms with E-state index in [-0.39, 0.29) is 34.3 Å². The third kappa shape index (κ3) is 6.14. The Kier molecular flexibility index (Phi) is 8.93. The molecule has 15 nitrogen and oxygen atoms in total. The molecule has 5 aromatic heterocycles. The van der Waals surface area contributed by atoms with Crippen LogP contribution in [0.25, 0.3) is 33.3 Å². The average Bonchev–Trinajstić information content (AvgIpc) is 3.73. The molecule has 0 spiro atoms. The molecule has 17 heteroatoms. The summed E-state index contributed by atoms with van der Waals surface area (Å²) < 4.78 is 49.3. The van der Waals surface area contributed by atoms with E-state index >= 15 is 9.18 Å². The van der Waals surface area contributed by atoms with Crippen molar-refractivity contribution >= 4 is 27.7 Å². The van der Waals surface area contributed by atoms with Crippen molar-refractivity contribution in [1.29, 1.82) is 0 Å². The summed E-state index contributed by atoms with van der Waals surface area (Å²) in [5.74, 6) is -0.852. The third-order valence-corrected chi connectivity index (χ3v) is 13.8. The first kappa shape index (κ1) is 39.9. The van der Waals surface area contributed by atoms with E-state index in [1.807, 2.05) is 24.5 Å². The number of aromatic amines is 1. The van der Waals surface area contributed by atoms with Gasteiger partial charge in [-0.25, -0.2) is 23.1 Å². The van der Waals surface area contributed by atoms with Gasteiger partial charge >= 0.3 is 11.4 Å². The van der Waals surface area contributed by atoms with Crippen molar-refractivity contribution in [3.05, 3.63) is 146 Å². The summed E-state index contributed by atoms with van der Waals surface area (Å²) in [7, 11) is 1.72. The van der Waals surface area contributed by atoms with Crippen molar-refractivity contribution in [1.82, 2.24) is 48.3 Å². The molecule has 8 aromatic rings. The van der Waals surface area contributed by atoms with E-state index in [0.717, 1.165) is 29.3 Å². The monoisotopic (exact) mass is 868 g/mol. The average molecular weight is 869 g/mol. The van der Waals surface area contributed by atoms with Gasteiger partial charge in [0.15, 0.2) is 11.6 Å². The lowest BCUT2D eigenvalue weighted by Gasteiger charge is -2.35. The van der Waals surface area contributed by atoms with Crippen LogP contribution in [-0.4, -0.2) is 73.0 Å². The highest BCUT2D eigenvalue weighted by atomic mass is 19.1. The largest absolute Gasteiger partial charge is 0.438 e. The predicted molar refractivity (Wildman–Crippen MR) is 232 cm³/mol. The van der Waals surface area contributed by atoms with Gasteiger partial charge in [0.25, 0.3) is 5.91 Å². The molecule has 64 heavy (non-hydrogen) atoms. The van der Waals surface area contributed by atoms with Crippen LogP contribution in [0.3, 0.4) is 0 Å². The second kappa shape index (κ2) is 14.3. The number of carbonyl (C=O) groups excluding carboxylic acids is 1. The number of ether oxygens (including phenoxy) is 1. The second-order valence-electron chi connectivity index (χ2n) is 18.2. The number of amides is 1. The van der Waals surface area contributed by atoms with E-state index in [4.69, 9.17) is 14.4 Å². The molecule has 1 amide bonds. The van der Waals surface area contributed by atoms with Crippen LogP contribution in [0.2, 0.25) is 0 Å². The fourth-order valence-corrected chi connectivity index (χ4v) is 10.3. The quantitative estimate of drug-likeness (QED) is 0.168. The minimum absolute atomic E-state index is 0.0552. The number of nitrogens with zero attached hydrogens (tertiary/aromatic N) is 9. The van der Waals surface area contributed by atoms with Gasteiger partial charge in [-0.15, -0.1) is 0 Å². The normalized spacial score (nSPS) is 19.6. The van der Waals surface area contributed by atoms with Gasteiger partial charge in [0, 0.05) is 55.5 Å². The van der Waals surface area contributed by atoms with Crippen LogP contribution >= 0.6 is 0 Å². The van der Waals surface area contributed by atoms with Crippen molar-refractivity contribution in [2.45, 2.75) is 88.9 Å². The third-order valence-electron chi connectivity index (χ3n) is 13.8. The second-order valence-corrected chi connectivity index (χ2v) is 18.2. The molecule has 0 radical (unpaired) electrons. The Labute approximate surface area is 364 Å². The highest BCUT2D eigenvalue weighted by Crippen LogP contribution is 2.51. The van der Waals surface area contributed by atoms with Gasteiger partial charge in [0.05, 0.1) is 46.2 Å². The first-order valence-corrected chi connectivity index (χ1v) is 21.7. The molecule has 328 valence electrons. The first-order chi connectivity index (χ1) is 30.7. The summed E-state index contributed by atoms with van der Waals surface area (Å²) in [6.07, 6.45) is 7.90. The lowest BCUT2D eigenvalue weighted by molar-refractivity contribution is -0.0592. The maximum Gasteiger partial charge on any atom is 0.438 e.